The number of methoxy groups -OCH3 is 1. The molecule has 27 heavy (non-hydrogen) atoms. The van der Waals surface area contributed by atoms with Gasteiger partial charge in [0.2, 0.25) is 5.91 Å². The molecular formula is C20H22N4O2S. The second kappa shape index (κ2) is 8.73. The third-order valence-electron chi connectivity index (χ3n) is 4.18. The Morgan fingerprint density at radius 3 is 2.67 bits per heavy atom. The smallest absolute Gasteiger partial charge is 0.233 e. The van der Waals surface area contributed by atoms with Crippen molar-refractivity contribution in [3.8, 4) is 11.4 Å². The lowest BCUT2D eigenvalue weighted by Crippen LogP contribution is -2.28. The van der Waals surface area contributed by atoms with Gasteiger partial charge in [-0.2, -0.15) is 0 Å². The first-order valence-corrected chi connectivity index (χ1v) is 9.52. The van der Waals surface area contributed by atoms with Crippen LogP contribution in [0.15, 0.2) is 60.0 Å². The van der Waals surface area contributed by atoms with Crippen LogP contribution in [0.5, 0.6) is 5.75 Å². The molecule has 0 radical (unpaired) electrons. The van der Waals surface area contributed by atoms with Crippen LogP contribution in [-0.4, -0.2) is 45.5 Å². The number of hydrogen-bond donors (Lipinski definition) is 0. The van der Waals surface area contributed by atoms with Gasteiger partial charge in [0.1, 0.15) is 12.1 Å². The minimum atomic E-state index is 0.0179. The number of nitrogens with zero attached hydrogens (tertiary/aromatic N) is 4. The summed E-state index contributed by atoms with van der Waals surface area (Å²) in [5.41, 5.74) is 3.14. The van der Waals surface area contributed by atoms with E-state index in [0.717, 1.165) is 17.0 Å². The fraction of sp³-hybridized carbons (Fsp3) is 0.250. The molecule has 0 aliphatic rings. The van der Waals surface area contributed by atoms with Gasteiger partial charge in [-0.3, -0.25) is 9.36 Å². The summed E-state index contributed by atoms with van der Waals surface area (Å²) in [6, 6.07) is 15.8. The zero-order valence-corrected chi connectivity index (χ0v) is 16.4. The molecule has 0 saturated carbocycles. The fourth-order valence-electron chi connectivity index (χ4n) is 2.62. The summed E-state index contributed by atoms with van der Waals surface area (Å²) in [6.07, 6.45) is 1.66. The van der Waals surface area contributed by atoms with E-state index in [2.05, 4.69) is 10.2 Å². The Kier molecular flexibility index (Phi) is 6.13. The molecule has 0 bridgehead atoms. The molecule has 0 N–H and O–H groups in total. The van der Waals surface area contributed by atoms with Crippen molar-refractivity contribution in [2.45, 2.75) is 18.6 Å². The molecule has 6 nitrogen and oxygen atoms in total. The van der Waals surface area contributed by atoms with Crippen molar-refractivity contribution in [1.82, 2.24) is 19.7 Å². The largest absolute Gasteiger partial charge is 0.496 e. The summed E-state index contributed by atoms with van der Waals surface area (Å²) in [6.45, 7) is 2.54. The number of para-hydroxylation sites is 1. The number of hydrogen-bond acceptors (Lipinski definition) is 5. The highest BCUT2D eigenvalue weighted by Gasteiger charge is 2.15. The number of aryl methyl sites for hydroxylation is 1. The van der Waals surface area contributed by atoms with Crippen LogP contribution < -0.4 is 4.74 Å². The third kappa shape index (κ3) is 4.68. The van der Waals surface area contributed by atoms with Crippen molar-refractivity contribution in [2.75, 3.05) is 19.9 Å². The van der Waals surface area contributed by atoms with E-state index in [1.165, 1.54) is 17.3 Å². The molecule has 3 aromatic rings. The van der Waals surface area contributed by atoms with E-state index in [9.17, 15) is 4.79 Å². The van der Waals surface area contributed by atoms with Crippen molar-refractivity contribution in [3.05, 3.63) is 66.0 Å². The molecule has 0 saturated heterocycles. The van der Waals surface area contributed by atoms with Gasteiger partial charge in [-0.15, -0.1) is 10.2 Å². The highest BCUT2D eigenvalue weighted by molar-refractivity contribution is 7.99. The Balaban J connectivity index is 1.62. The van der Waals surface area contributed by atoms with Crippen LogP contribution in [0.25, 0.3) is 5.69 Å². The maximum atomic E-state index is 12.5. The Bertz CT molecular complexity index is 908. The molecule has 0 atom stereocenters. The van der Waals surface area contributed by atoms with Crippen molar-refractivity contribution < 1.29 is 9.53 Å². The maximum Gasteiger partial charge on any atom is 0.233 e. The van der Waals surface area contributed by atoms with Gasteiger partial charge in [0, 0.05) is 24.8 Å². The van der Waals surface area contributed by atoms with Crippen molar-refractivity contribution in [2.24, 2.45) is 0 Å². The van der Waals surface area contributed by atoms with Crippen LogP contribution >= 0.6 is 11.8 Å². The van der Waals surface area contributed by atoms with E-state index in [1.807, 2.05) is 60.0 Å². The highest BCUT2D eigenvalue weighted by atomic mass is 32.2. The van der Waals surface area contributed by atoms with Crippen LogP contribution in [0.1, 0.15) is 11.1 Å². The highest BCUT2D eigenvalue weighted by Crippen LogP contribution is 2.22. The molecule has 0 aliphatic heterocycles. The van der Waals surface area contributed by atoms with Crippen LogP contribution in [0.2, 0.25) is 0 Å². The Hall–Kier alpha value is -2.80. The van der Waals surface area contributed by atoms with Gasteiger partial charge in [0.05, 0.1) is 12.9 Å². The topological polar surface area (TPSA) is 60.2 Å². The van der Waals surface area contributed by atoms with Crippen LogP contribution in [-0.2, 0) is 11.3 Å². The average Bonchev–Trinajstić information content (AvgIpc) is 3.15. The second-order valence-corrected chi connectivity index (χ2v) is 7.11. The number of benzene rings is 2. The minimum Gasteiger partial charge on any atom is -0.496 e. The summed E-state index contributed by atoms with van der Waals surface area (Å²) < 4.78 is 7.24. The average molecular weight is 382 g/mol. The number of rotatable bonds is 7. The molecule has 1 heterocycles. The van der Waals surface area contributed by atoms with E-state index in [4.69, 9.17) is 4.74 Å². The summed E-state index contributed by atoms with van der Waals surface area (Å²) in [4.78, 5) is 14.2. The van der Waals surface area contributed by atoms with Crippen LogP contribution in [0, 0.1) is 6.92 Å². The molecule has 7 heteroatoms. The SMILES string of the molecule is COc1ccccc1CN(C)C(=O)CSc1nncn1-c1ccc(C)cc1. The van der Waals surface area contributed by atoms with Gasteiger partial charge in [-0.05, 0) is 25.1 Å². The van der Waals surface area contributed by atoms with Crippen molar-refractivity contribution >= 4 is 17.7 Å². The molecule has 140 valence electrons. The Morgan fingerprint density at radius 2 is 1.93 bits per heavy atom. The van der Waals surface area contributed by atoms with Gasteiger partial charge in [0.25, 0.3) is 0 Å². The number of carbonyl (C=O) groups excluding carboxylic acids is 1. The van der Waals surface area contributed by atoms with Crippen LogP contribution in [0.3, 0.4) is 0 Å². The lowest BCUT2D eigenvalue weighted by atomic mass is 10.2. The number of amides is 1. The number of thioether (sulfide) groups is 1. The normalized spacial score (nSPS) is 10.6. The van der Waals surface area contributed by atoms with E-state index in [0.29, 0.717) is 11.7 Å². The number of ether oxygens (including phenoxy) is 1. The maximum absolute atomic E-state index is 12.5. The molecular weight excluding hydrogens is 360 g/mol. The first kappa shape index (κ1) is 19.0. The predicted octanol–water partition coefficient (Wildman–Crippen LogP) is 3.34. The van der Waals surface area contributed by atoms with E-state index < -0.39 is 0 Å². The standard InChI is InChI=1S/C20H22N4O2S/c1-15-8-10-17(11-9-15)24-14-21-22-20(24)27-13-19(25)23(2)12-16-6-4-5-7-18(16)26-3/h4-11,14H,12-13H2,1-3H3. The van der Waals surface area contributed by atoms with E-state index >= 15 is 0 Å². The van der Waals surface area contributed by atoms with E-state index in [1.54, 1.807) is 25.4 Å². The van der Waals surface area contributed by atoms with Crippen molar-refractivity contribution in [1.29, 1.82) is 0 Å². The first-order chi connectivity index (χ1) is 13.1. The van der Waals surface area contributed by atoms with E-state index in [-0.39, 0.29) is 11.7 Å². The Morgan fingerprint density at radius 1 is 1.19 bits per heavy atom. The number of aromatic nitrogens is 3. The second-order valence-electron chi connectivity index (χ2n) is 6.17. The predicted molar refractivity (Wildman–Crippen MR) is 106 cm³/mol. The summed E-state index contributed by atoms with van der Waals surface area (Å²) in [5.74, 6) is 1.09. The molecule has 3 rings (SSSR count). The molecule has 0 fully saturated rings. The summed E-state index contributed by atoms with van der Waals surface area (Å²) >= 11 is 1.38. The first-order valence-electron chi connectivity index (χ1n) is 8.54. The Labute approximate surface area is 163 Å². The van der Waals surface area contributed by atoms with Gasteiger partial charge in [-0.1, -0.05) is 47.7 Å². The van der Waals surface area contributed by atoms with Gasteiger partial charge in [0.15, 0.2) is 5.16 Å². The monoisotopic (exact) mass is 382 g/mol. The van der Waals surface area contributed by atoms with Gasteiger partial charge >= 0.3 is 0 Å². The summed E-state index contributed by atoms with van der Waals surface area (Å²) in [5, 5.41) is 8.82. The lowest BCUT2D eigenvalue weighted by Gasteiger charge is -2.18. The van der Waals surface area contributed by atoms with Gasteiger partial charge < -0.3 is 9.64 Å². The van der Waals surface area contributed by atoms with Crippen molar-refractivity contribution in [3.63, 3.8) is 0 Å². The molecule has 0 spiro atoms. The zero-order valence-electron chi connectivity index (χ0n) is 15.6. The minimum absolute atomic E-state index is 0.0179. The molecule has 0 unspecified atom stereocenters. The molecule has 1 amide bonds. The fourth-order valence-corrected chi connectivity index (χ4v) is 3.49. The van der Waals surface area contributed by atoms with Crippen LogP contribution in [0.4, 0.5) is 0 Å². The zero-order chi connectivity index (χ0) is 19.2. The number of carbonyl (C=O) groups is 1. The molecule has 1 aromatic heterocycles. The molecule has 2 aromatic carbocycles. The summed E-state index contributed by atoms with van der Waals surface area (Å²) in [7, 11) is 3.43. The quantitative estimate of drug-likeness (QED) is 0.587. The molecule has 0 aliphatic carbocycles. The lowest BCUT2D eigenvalue weighted by molar-refractivity contribution is -0.127. The third-order valence-corrected chi connectivity index (χ3v) is 5.11. The van der Waals surface area contributed by atoms with Gasteiger partial charge in [-0.25, -0.2) is 0 Å².